The Morgan fingerprint density at radius 2 is 1.80 bits per heavy atom. The number of carboxylic acids is 1. The first-order valence-corrected chi connectivity index (χ1v) is 4.94. The standard InChI is InChI=1S/C10H20N2O3/c1-5-10(4,11)8(15)12-9(2,3)6-7(13)14/h5-6,11H2,1-4H3,(H,12,15)(H,13,14). The van der Waals surface area contributed by atoms with Gasteiger partial charge in [-0.05, 0) is 27.2 Å². The molecule has 5 nitrogen and oxygen atoms in total. The molecule has 1 unspecified atom stereocenters. The van der Waals surface area contributed by atoms with Gasteiger partial charge in [0.05, 0.1) is 12.0 Å². The van der Waals surface area contributed by atoms with Crippen LogP contribution in [0.5, 0.6) is 0 Å². The van der Waals surface area contributed by atoms with Crippen molar-refractivity contribution in [1.29, 1.82) is 0 Å². The smallest absolute Gasteiger partial charge is 0.305 e. The Balaban J connectivity index is 4.46. The number of rotatable bonds is 5. The summed E-state index contributed by atoms with van der Waals surface area (Å²) in [4.78, 5) is 22.2. The van der Waals surface area contributed by atoms with Gasteiger partial charge in [-0.2, -0.15) is 0 Å². The number of nitrogens with two attached hydrogens (primary N) is 1. The minimum absolute atomic E-state index is 0.126. The van der Waals surface area contributed by atoms with Crippen LogP contribution in [0.4, 0.5) is 0 Å². The van der Waals surface area contributed by atoms with Gasteiger partial charge in [0.1, 0.15) is 0 Å². The summed E-state index contributed by atoms with van der Waals surface area (Å²) in [7, 11) is 0. The maximum atomic E-state index is 11.7. The maximum absolute atomic E-state index is 11.7. The Kier molecular flexibility index (Phi) is 4.27. The molecular weight excluding hydrogens is 196 g/mol. The molecule has 0 aromatic rings. The van der Waals surface area contributed by atoms with Crippen LogP contribution < -0.4 is 11.1 Å². The summed E-state index contributed by atoms with van der Waals surface area (Å²) >= 11 is 0. The van der Waals surface area contributed by atoms with Gasteiger partial charge in [0.2, 0.25) is 5.91 Å². The van der Waals surface area contributed by atoms with Gasteiger partial charge >= 0.3 is 5.97 Å². The molecule has 0 saturated carbocycles. The third-order valence-corrected chi connectivity index (χ3v) is 2.30. The van der Waals surface area contributed by atoms with Crippen molar-refractivity contribution in [1.82, 2.24) is 5.32 Å². The van der Waals surface area contributed by atoms with Crippen LogP contribution >= 0.6 is 0 Å². The molecule has 0 saturated heterocycles. The number of carbonyl (C=O) groups is 2. The second kappa shape index (κ2) is 4.61. The fourth-order valence-electron chi connectivity index (χ4n) is 1.03. The second-order valence-corrected chi connectivity index (χ2v) is 4.68. The minimum Gasteiger partial charge on any atom is -0.481 e. The van der Waals surface area contributed by atoms with E-state index < -0.39 is 17.0 Å². The van der Waals surface area contributed by atoms with E-state index in [9.17, 15) is 9.59 Å². The topological polar surface area (TPSA) is 92.4 Å². The van der Waals surface area contributed by atoms with Crippen molar-refractivity contribution in [2.45, 2.75) is 51.6 Å². The molecule has 0 aliphatic carbocycles. The molecule has 88 valence electrons. The molecule has 5 heteroatoms. The predicted molar refractivity (Wildman–Crippen MR) is 57.4 cm³/mol. The van der Waals surface area contributed by atoms with E-state index in [0.717, 1.165) is 0 Å². The van der Waals surface area contributed by atoms with Gasteiger partial charge in [0.15, 0.2) is 0 Å². The van der Waals surface area contributed by atoms with E-state index >= 15 is 0 Å². The van der Waals surface area contributed by atoms with Gasteiger partial charge in [-0.25, -0.2) is 0 Å². The van der Waals surface area contributed by atoms with Crippen LogP contribution in [0.2, 0.25) is 0 Å². The van der Waals surface area contributed by atoms with Crippen molar-refractivity contribution < 1.29 is 14.7 Å². The normalized spacial score (nSPS) is 15.5. The highest BCUT2D eigenvalue weighted by Gasteiger charge is 2.31. The molecule has 0 rings (SSSR count). The van der Waals surface area contributed by atoms with Crippen molar-refractivity contribution in [3.05, 3.63) is 0 Å². The van der Waals surface area contributed by atoms with Gasteiger partial charge < -0.3 is 16.2 Å². The van der Waals surface area contributed by atoms with Gasteiger partial charge in [-0.15, -0.1) is 0 Å². The molecule has 0 bridgehead atoms. The molecular formula is C10H20N2O3. The lowest BCUT2D eigenvalue weighted by Gasteiger charge is -2.30. The van der Waals surface area contributed by atoms with Crippen LogP contribution in [-0.4, -0.2) is 28.1 Å². The van der Waals surface area contributed by atoms with Crippen LogP contribution in [0.15, 0.2) is 0 Å². The number of amides is 1. The van der Waals surface area contributed by atoms with Gasteiger partial charge in [-0.1, -0.05) is 6.92 Å². The van der Waals surface area contributed by atoms with Crippen molar-refractivity contribution in [2.75, 3.05) is 0 Å². The Morgan fingerprint density at radius 3 is 2.13 bits per heavy atom. The zero-order valence-corrected chi connectivity index (χ0v) is 9.76. The highest BCUT2D eigenvalue weighted by Crippen LogP contribution is 2.12. The van der Waals surface area contributed by atoms with Gasteiger partial charge in [0, 0.05) is 5.54 Å². The van der Waals surface area contributed by atoms with E-state index in [0.29, 0.717) is 6.42 Å². The summed E-state index contributed by atoms with van der Waals surface area (Å²) < 4.78 is 0. The molecule has 15 heavy (non-hydrogen) atoms. The molecule has 0 fully saturated rings. The first-order valence-electron chi connectivity index (χ1n) is 4.94. The highest BCUT2D eigenvalue weighted by atomic mass is 16.4. The van der Waals surface area contributed by atoms with Crippen LogP contribution in [-0.2, 0) is 9.59 Å². The SMILES string of the molecule is CCC(C)(N)C(=O)NC(C)(C)CC(=O)O. The molecule has 0 aliphatic rings. The fraction of sp³-hybridized carbons (Fsp3) is 0.800. The van der Waals surface area contributed by atoms with E-state index in [4.69, 9.17) is 10.8 Å². The summed E-state index contributed by atoms with van der Waals surface area (Å²) in [6.07, 6.45) is 0.376. The summed E-state index contributed by atoms with van der Waals surface area (Å²) in [5.41, 5.74) is 4.01. The van der Waals surface area contributed by atoms with E-state index in [2.05, 4.69) is 5.32 Å². The lowest BCUT2D eigenvalue weighted by Crippen LogP contribution is -2.57. The lowest BCUT2D eigenvalue weighted by atomic mass is 9.95. The van der Waals surface area contributed by atoms with Crippen LogP contribution in [0.3, 0.4) is 0 Å². The molecule has 4 N–H and O–H groups in total. The molecule has 1 atom stereocenters. The summed E-state index contributed by atoms with van der Waals surface area (Å²) in [5.74, 6) is -1.27. The summed E-state index contributed by atoms with van der Waals surface area (Å²) in [6, 6.07) is 0. The van der Waals surface area contributed by atoms with Crippen LogP contribution in [0, 0.1) is 0 Å². The highest BCUT2D eigenvalue weighted by molar-refractivity contribution is 5.86. The van der Waals surface area contributed by atoms with E-state index in [1.165, 1.54) is 0 Å². The number of aliphatic carboxylic acids is 1. The molecule has 0 aliphatic heterocycles. The fourth-order valence-corrected chi connectivity index (χ4v) is 1.03. The maximum Gasteiger partial charge on any atom is 0.305 e. The molecule has 0 aromatic heterocycles. The average Bonchev–Trinajstić information content (AvgIpc) is 2.00. The number of carbonyl (C=O) groups excluding carboxylic acids is 1. The molecule has 0 spiro atoms. The van der Waals surface area contributed by atoms with Crippen molar-refractivity contribution in [3.8, 4) is 0 Å². The van der Waals surface area contributed by atoms with Gasteiger partial charge in [0.25, 0.3) is 0 Å². The Bertz CT molecular complexity index is 259. The lowest BCUT2D eigenvalue weighted by molar-refractivity contribution is -0.139. The van der Waals surface area contributed by atoms with E-state index in [1.807, 2.05) is 6.92 Å². The van der Waals surface area contributed by atoms with Crippen LogP contribution in [0.25, 0.3) is 0 Å². The largest absolute Gasteiger partial charge is 0.481 e. The number of hydrogen-bond donors (Lipinski definition) is 3. The monoisotopic (exact) mass is 216 g/mol. The molecule has 0 heterocycles. The van der Waals surface area contributed by atoms with Crippen LogP contribution in [0.1, 0.15) is 40.5 Å². The van der Waals surface area contributed by atoms with E-state index in [1.54, 1.807) is 20.8 Å². The van der Waals surface area contributed by atoms with Gasteiger partial charge in [-0.3, -0.25) is 9.59 Å². The third-order valence-electron chi connectivity index (χ3n) is 2.30. The number of hydrogen-bond acceptors (Lipinski definition) is 3. The quantitative estimate of drug-likeness (QED) is 0.623. The average molecular weight is 216 g/mol. The number of carboxylic acid groups (broad SMARTS) is 1. The first-order chi connectivity index (χ1) is 6.60. The summed E-state index contributed by atoms with van der Waals surface area (Å²) in [5, 5.41) is 11.3. The first kappa shape index (κ1) is 13.9. The molecule has 0 radical (unpaired) electrons. The van der Waals surface area contributed by atoms with E-state index in [-0.39, 0.29) is 12.3 Å². The zero-order valence-electron chi connectivity index (χ0n) is 9.76. The summed E-state index contributed by atoms with van der Waals surface area (Å²) in [6.45, 7) is 6.75. The number of nitrogens with one attached hydrogen (secondary N) is 1. The minimum atomic E-state index is -0.949. The Hall–Kier alpha value is -1.10. The van der Waals surface area contributed by atoms with Crippen molar-refractivity contribution in [3.63, 3.8) is 0 Å². The van der Waals surface area contributed by atoms with Crippen molar-refractivity contribution in [2.24, 2.45) is 5.73 Å². The Labute approximate surface area is 90.0 Å². The third kappa shape index (κ3) is 4.78. The zero-order chi connectivity index (χ0) is 12.3. The predicted octanol–water partition coefficient (Wildman–Crippen LogP) is 0.483. The molecule has 0 aromatic carbocycles. The Morgan fingerprint density at radius 1 is 1.33 bits per heavy atom. The second-order valence-electron chi connectivity index (χ2n) is 4.68. The molecule has 1 amide bonds. The van der Waals surface area contributed by atoms with Crippen molar-refractivity contribution >= 4 is 11.9 Å².